The van der Waals surface area contributed by atoms with Gasteiger partial charge in [0.25, 0.3) is 0 Å². The average molecular weight is 357 g/mol. The number of para-hydroxylation sites is 1. The Balaban J connectivity index is 1.83. The van der Waals surface area contributed by atoms with Gasteiger partial charge in [-0.3, -0.25) is 9.69 Å². The fraction of sp³-hybridized carbons (Fsp3) is 0.381. The van der Waals surface area contributed by atoms with Gasteiger partial charge in [-0.15, -0.1) is 0 Å². The molecule has 4 nitrogen and oxygen atoms in total. The van der Waals surface area contributed by atoms with Crippen molar-refractivity contribution in [3.63, 3.8) is 0 Å². The van der Waals surface area contributed by atoms with E-state index in [9.17, 15) is 14.3 Å². The number of nitrogens with zero attached hydrogens (tertiary/aromatic N) is 1. The van der Waals surface area contributed by atoms with Crippen molar-refractivity contribution in [3.05, 3.63) is 66.0 Å². The van der Waals surface area contributed by atoms with Crippen LogP contribution in [0.4, 0.5) is 4.39 Å². The van der Waals surface area contributed by atoms with Crippen molar-refractivity contribution >= 4 is 5.97 Å². The molecule has 0 radical (unpaired) electrons. The van der Waals surface area contributed by atoms with Crippen LogP contribution in [0, 0.1) is 11.2 Å². The third-order valence-electron chi connectivity index (χ3n) is 5.18. The molecule has 1 N–H and O–H groups in total. The molecule has 0 aliphatic carbocycles. The highest BCUT2D eigenvalue weighted by Gasteiger charge is 2.46. The largest absolute Gasteiger partial charge is 0.481 e. The first kappa shape index (κ1) is 18.4. The van der Waals surface area contributed by atoms with Crippen molar-refractivity contribution in [2.75, 3.05) is 13.1 Å². The van der Waals surface area contributed by atoms with E-state index in [2.05, 4.69) is 11.8 Å². The zero-order chi connectivity index (χ0) is 18.6. The third kappa shape index (κ3) is 4.05. The van der Waals surface area contributed by atoms with E-state index in [1.54, 1.807) is 12.1 Å². The lowest BCUT2D eigenvalue weighted by atomic mass is 9.73. The Morgan fingerprint density at radius 3 is 2.54 bits per heavy atom. The lowest BCUT2D eigenvalue weighted by Gasteiger charge is -2.44. The van der Waals surface area contributed by atoms with E-state index in [0.29, 0.717) is 25.8 Å². The number of rotatable bonds is 6. The van der Waals surface area contributed by atoms with Crippen molar-refractivity contribution in [1.82, 2.24) is 4.90 Å². The summed E-state index contributed by atoms with van der Waals surface area (Å²) in [5.41, 5.74) is -0.0830. The van der Waals surface area contributed by atoms with Crippen LogP contribution in [0.2, 0.25) is 0 Å². The summed E-state index contributed by atoms with van der Waals surface area (Å²) < 4.78 is 19.3. The van der Waals surface area contributed by atoms with E-state index in [-0.39, 0.29) is 12.0 Å². The first-order valence-corrected chi connectivity index (χ1v) is 8.96. The van der Waals surface area contributed by atoms with Crippen molar-refractivity contribution in [1.29, 1.82) is 0 Å². The van der Waals surface area contributed by atoms with Gasteiger partial charge in [0.15, 0.2) is 6.23 Å². The van der Waals surface area contributed by atoms with Gasteiger partial charge in [-0.2, -0.15) is 0 Å². The van der Waals surface area contributed by atoms with Gasteiger partial charge in [0.05, 0.1) is 5.41 Å². The number of piperidine rings is 1. The normalized spacial score (nSPS) is 23.5. The number of carboxylic acid groups (broad SMARTS) is 1. The highest BCUT2D eigenvalue weighted by atomic mass is 19.1. The molecule has 26 heavy (non-hydrogen) atoms. The zero-order valence-electron chi connectivity index (χ0n) is 14.9. The first-order chi connectivity index (χ1) is 12.5. The van der Waals surface area contributed by atoms with Crippen molar-refractivity contribution in [3.8, 4) is 5.75 Å². The van der Waals surface area contributed by atoms with Crippen LogP contribution in [0.1, 0.15) is 25.3 Å². The van der Waals surface area contributed by atoms with E-state index in [0.717, 1.165) is 17.9 Å². The molecule has 2 aromatic rings. The summed E-state index contributed by atoms with van der Waals surface area (Å²) >= 11 is 0. The minimum absolute atomic E-state index is 0.298. The van der Waals surface area contributed by atoms with Gasteiger partial charge in [-0.1, -0.05) is 37.3 Å². The molecule has 0 bridgehead atoms. The Kier molecular flexibility index (Phi) is 5.57. The quantitative estimate of drug-likeness (QED) is 0.850. The van der Waals surface area contributed by atoms with Crippen LogP contribution in [-0.4, -0.2) is 35.3 Å². The zero-order valence-corrected chi connectivity index (χ0v) is 14.9. The lowest BCUT2D eigenvalue weighted by molar-refractivity contribution is -0.158. The number of halogens is 1. The molecule has 2 atom stereocenters. The number of ether oxygens (including phenoxy) is 1. The van der Waals surface area contributed by atoms with Crippen LogP contribution in [0.3, 0.4) is 0 Å². The van der Waals surface area contributed by atoms with Crippen molar-refractivity contribution < 1.29 is 19.0 Å². The van der Waals surface area contributed by atoms with E-state index in [4.69, 9.17) is 4.74 Å². The minimum Gasteiger partial charge on any atom is -0.481 e. The summed E-state index contributed by atoms with van der Waals surface area (Å²) in [4.78, 5) is 14.4. The van der Waals surface area contributed by atoms with Gasteiger partial charge in [0, 0.05) is 13.0 Å². The molecule has 0 saturated carbocycles. The SMILES string of the molecule is CCN1CCC(Cc2ccc(F)cc2)(C(=O)O)CC1Oc1ccccc1. The van der Waals surface area contributed by atoms with E-state index in [1.165, 1.54) is 12.1 Å². The number of hydrogen-bond donors (Lipinski definition) is 1. The molecule has 2 unspecified atom stereocenters. The highest BCUT2D eigenvalue weighted by molar-refractivity contribution is 5.75. The van der Waals surface area contributed by atoms with Crippen molar-refractivity contribution in [2.24, 2.45) is 5.41 Å². The summed E-state index contributed by atoms with van der Waals surface area (Å²) in [5, 5.41) is 10.00. The third-order valence-corrected chi connectivity index (χ3v) is 5.18. The van der Waals surface area contributed by atoms with Gasteiger partial charge >= 0.3 is 5.97 Å². The molecular formula is C21H24FNO3. The Labute approximate surface area is 153 Å². The van der Waals surface area contributed by atoms with E-state index >= 15 is 0 Å². The molecule has 5 heteroatoms. The fourth-order valence-electron chi connectivity index (χ4n) is 3.62. The molecule has 0 amide bonds. The molecule has 0 spiro atoms. The molecule has 0 aromatic heterocycles. The van der Waals surface area contributed by atoms with Gasteiger partial charge in [-0.25, -0.2) is 4.39 Å². The van der Waals surface area contributed by atoms with Gasteiger partial charge in [0.2, 0.25) is 0 Å². The van der Waals surface area contributed by atoms with Crippen LogP contribution < -0.4 is 4.74 Å². The predicted octanol–water partition coefficient (Wildman–Crippen LogP) is 3.96. The average Bonchev–Trinajstić information content (AvgIpc) is 2.65. The van der Waals surface area contributed by atoms with Crippen LogP contribution in [0.5, 0.6) is 5.75 Å². The second-order valence-electron chi connectivity index (χ2n) is 6.86. The van der Waals surface area contributed by atoms with Crippen LogP contribution >= 0.6 is 0 Å². The number of benzene rings is 2. The van der Waals surface area contributed by atoms with Crippen molar-refractivity contribution in [2.45, 2.75) is 32.4 Å². The smallest absolute Gasteiger partial charge is 0.310 e. The monoisotopic (exact) mass is 357 g/mol. The summed E-state index contributed by atoms with van der Waals surface area (Å²) in [6.45, 7) is 3.50. The molecule has 1 heterocycles. The van der Waals surface area contributed by atoms with Crippen LogP contribution in [0.15, 0.2) is 54.6 Å². The number of likely N-dealkylation sites (tertiary alicyclic amines) is 1. The molecule has 1 aliphatic heterocycles. The maximum absolute atomic E-state index is 13.2. The first-order valence-electron chi connectivity index (χ1n) is 8.96. The molecule has 1 saturated heterocycles. The number of hydrogen-bond acceptors (Lipinski definition) is 3. The maximum Gasteiger partial charge on any atom is 0.310 e. The van der Waals surface area contributed by atoms with Gasteiger partial charge in [-0.05, 0) is 49.2 Å². The minimum atomic E-state index is -0.914. The fourth-order valence-corrected chi connectivity index (χ4v) is 3.62. The Bertz CT molecular complexity index is 735. The van der Waals surface area contributed by atoms with E-state index in [1.807, 2.05) is 30.3 Å². The second kappa shape index (κ2) is 7.87. The highest BCUT2D eigenvalue weighted by Crippen LogP contribution is 2.39. The van der Waals surface area contributed by atoms with Gasteiger partial charge < -0.3 is 9.84 Å². The number of carbonyl (C=O) groups is 1. The summed E-state index contributed by atoms with van der Waals surface area (Å²) in [5.74, 6) is -0.401. The predicted molar refractivity (Wildman–Crippen MR) is 97.5 cm³/mol. The Morgan fingerprint density at radius 2 is 1.92 bits per heavy atom. The van der Waals surface area contributed by atoms with Crippen LogP contribution in [0.25, 0.3) is 0 Å². The van der Waals surface area contributed by atoms with E-state index < -0.39 is 11.4 Å². The lowest BCUT2D eigenvalue weighted by Crippen LogP contribution is -2.53. The molecule has 138 valence electrons. The Morgan fingerprint density at radius 1 is 1.23 bits per heavy atom. The molecule has 1 fully saturated rings. The molecular weight excluding hydrogens is 333 g/mol. The summed E-state index contributed by atoms with van der Waals surface area (Å²) in [6.07, 6.45) is 1.01. The molecule has 1 aliphatic rings. The van der Waals surface area contributed by atoms with Gasteiger partial charge in [0.1, 0.15) is 11.6 Å². The maximum atomic E-state index is 13.2. The Hall–Kier alpha value is -2.40. The standard InChI is InChI=1S/C21H24FNO3/c1-2-23-13-12-21(20(24)25,14-16-8-10-17(22)11-9-16)15-19(23)26-18-6-4-3-5-7-18/h3-11,19H,2,12-15H2,1H3,(H,24,25). The summed E-state index contributed by atoms with van der Waals surface area (Å²) in [7, 11) is 0. The second-order valence-corrected chi connectivity index (χ2v) is 6.86. The van der Waals surface area contributed by atoms with Crippen LogP contribution in [-0.2, 0) is 11.2 Å². The summed E-state index contributed by atoms with van der Waals surface area (Å²) in [6, 6.07) is 15.6. The topological polar surface area (TPSA) is 49.8 Å². The number of aliphatic carboxylic acids is 1. The molecule has 3 rings (SSSR count). The number of carboxylic acids is 1. The molecule has 2 aromatic carbocycles.